The second-order valence-electron chi connectivity index (χ2n) is 4.76. The molecule has 20 heavy (non-hydrogen) atoms. The molecule has 1 atom stereocenters. The molecule has 0 aliphatic carbocycles. The van der Waals surface area contributed by atoms with Gasteiger partial charge in [-0.1, -0.05) is 0 Å². The maximum absolute atomic E-state index is 11.2. The molecular formula is C12H19N5O3. The van der Waals surface area contributed by atoms with E-state index in [1.165, 1.54) is 6.20 Å². The number of aliphatic hydroxyl groups excluding tert-OH is 1. The predicted molar refractivity (Wildman–Crippen MR) is 74.9 cm³/mol. The number of piperidine rings is 1. The van der Waals surface area contributed by atoms with Crippen LogP contribution in [0.25, 0.3) is 0 Å². The zero-order chi connectivity index (χ0) is 14.5. The second-order valence-corrected chi connectivity index (χ2v) is 4.76. The Morgan fingerprint density at radius 3 is 3.05 bits per heavy atom. The highest BCUT2D eigenvalue weighted by atomic mass is 16.6. The van der Waals surface area contributed by atoms with Crippen LogP contribution in [-0.4, -0.2) is 46.2 Å². The Morgan fingerprint density at radius 1 is 1.60 bits per heavy atom. The zero-order valence-corrected chi connectivity index (χ0v) is 11.4. The first-order valence-electron chi connectivity index (χ1n) is 6.74. The molecule has 8 nitrogen and oxygen atoms in total. The van der Waals surface area contributed by atoms with E-state index in [1.54, 1.807) is 7.05 Å². The molecule has 1 unspecified atom stereocenters. The van der Waals surface area contributed by atoms with Crippen molar-refractivity contribution in [1.82, 2.24) is 9.97 Å². The van der Waals surface area contributed by atoms with Gasteiger partial charge in [0.15, 0.2) is 0 Å². The maximum atomic E-state index is 11.2. The number of nitrogens with one attached hydrogen (secondary N) is 1. The Balaban J connectivity index is 2.39. The van der Waals surface area contributed by atoms with Crippen LogP contribution in [0.15, 0.2) is 6.20 Å². The van der Waals surface area contributed by atoms with Crippen LogP contribution in [0, 0.1) is 10.1 Å². The summed E-state index contributed by atoms with van der Waals surface area (Å²) in [5.41, 5.74) is -0.0890. The number of nitro groups is 1. The average molecular weight is 281 g/mol. The summed E-state index contributed by atoms with van der Waals surface area (Å²) in [6, 6.07) is 0.0899. The number of aromatic nitrogens is 2. The Labute approximate surface area is 117 Å². The van der Waals surface area contributed by atoms with Gasteiger partial charge in [0.1, 0.15) is 6.20 Å². The third-order valence-corrected chi connectivity index (χ3v) is 3.53. The van der Waals surface area contributed by atoms with Crippen molar-refractivity contribution in [3.8, 4) is 0 Å². The van der Waals surface area contributed by atoms with Crippen molar-refractivity contribution in [2.75, 3.05) is 30.4 Å². The van der Waals surface area contributed by atoms with Gasteiger partial charge in [-0.3, -0.25) is 10.1 Å². The van der Waals surface area contributed by atoms with Gasteiger partial charge in [0.2, 0.25) is 11.8 Å². The summed E-state index contributed by atoms with van der Waals surface area (Å²) in [6.07, 6.45) is 4.78. The van der Waals surface area contributed by atoms with E-state index in [-0.39, 0.29) is 18.3 Å². The molecule has 0 amide bonds. The maximum Gasteiger partial charge on any atom is 0.329 e. The molecule has 1 saturated heterocycles. The summed E-state index contributed by atoms with van der Waals surface area (Å²) < 4.78 is 0. The minimum atomic E-state index is -0.459. The van der Waals surface area contributed by atoms with Crippen molar-refractivity contribution in [3.05, 3.63) is 16.3 Å². The van der Waals surface area contributed by atoms with Gasteiger partial charge >= 0.3 is 5.69 Å². The molecule has 1 fully saturated rings. The smallest absolute Gasteiger partial charge is 0.329 e. The largest absolute Gasteiger partial charge is 0.396 e. The highest BCUT2D eigenvalue weighted by Crippen LogP contribution is 2.32. The van der Waals surface area contributed by atoms with Crippen LogP contribution in [0.5, 0.6) is 0 Å². The van der Waals surface area contributed by atoms with Gasteiger partial charge in [-0.15, -0.1) is 0 Å². The van der Waals surface area contributed by atoms with Gasteiger partial charge in [-0.25, -0.2) is 4.98 Å². The van der Waals surface area contributed by atoms with Crippen LogP contribution in [-0.2, 0) is 0 Å². The number of hydrogen-bond acceptors (Lipinski definition) is 7. The summed E-state index contributed by atoms with van der Waals surface area (Å²) in [5.74, 6) is 0.700. The molecule has 1 aromatic rings. The van der Waals surface area contributed by atoms with Gasteiger partial charge in [0, 0.05) is 26.2 Å². The first-order chi connectivity index (χ1) is 9.67. The minimum Gasteiger partial charge on any atom is -0.396 e. The Morgan fingerprint density at radius 2 is 2.40 bits per heavy atom. The standard InChI is InChI=1S/C12H19N5O3/c1-13-12-14-8-10(17(19)20)11(15-12)16-6-3-2-4-9(16)5-7-18/h8-9,18H,2-7H2,1H3,(H,13,14,15). The van der Waals surface area contributed by atoms with E-state index >= 15 is 0 Å². The summed E-state index contributed by atoms with van der Waals surface area (Å²) in [4.78, 5) is 20.8. The molecule has 0 bridgehead atoms. The van der Waals surface area contributed by atoms with Gasteiger partial charge in [0.05, 0.1) is 4.92 Å². The molecule has 1 aromatic heterocycles. The number of hydrogen-bond donors (Lipinski definition) is 2. The van der Waals surface area contributed by atoms with Gasteiger partial charge < -0.3 is 15.3 Å². The molecule has 0 radical (unpaired) electrons. The van der Waals surface area contributed by atoms with E-state index < -0.39 is 4.92 Å². The monoisotopic (exact) mass is 281 g/mol. The van der Waals surface area contributed by atoms with Crippen molar-refractivity contribution in [2.24, 2.45) is 0 Å². The molecule has 0 spiro atoms. The summed E-state index contributed by atoms with van der Waals surface area (Å²) in [7, 11) is 1.67. The number of aliphatic hydroxyl groups is 1. The van der Waals surface area contributed by atoms with E-state index in [0.717, 1.165) is 19.3 Å². The van der Waals surface area contributed by atoms with Gasteiger partial charge in [0.25, 0.3) is 0 Å². The molecule has 8 heteroatoms. The van der Waals surface area contributed by atoms with Crippen molar-refractivity contribution in [1.29, 1.82) is 0 Å². The molecule has 2 heterocycles. The fourth-order valence-corrected chi connectivity index (χ4v) is 2.56. The molecule has 2 rings (SSSR count). The second kappa shape index (κ2) is 6.47. The average Bonchev–Trinajstić information content (AvgIpc) is 2.47. The Bertz CT molecular complexity index is 480. The van der Waals surface area contributed by atoms with E-state index in [9.17, 15) is 10.1 Å². The molecule has 2 N–H and O–H groups in total. The number of nitrogens with zero attached hydrogens (tertiary/aromatic N) is 4. The van der Waals surface area contributed by atoms with Gasteiger partial charge in [-0.05, 0) is 25.7 Å². The molecular weight excluding hydrogens is 262 g/mol. The lowest BCUT2D eigenvalue weighted by Crippen LogP contribution is -2.41. The van der Waals surface area contributed by atoms with Crippen LogP contribution < -0.4 is 10.2 Å². The Hall–Kier alpha value is -1.96. The van der Waals surface area contributed by atoms with Crippen molar-refractivity contribution >= 4 is 17.5 Å². The van der Waals surface area contributed by atoms with Crippen LogP contribution in [0.1, 0.15) is 25.7 Å². The minimum absolute atomic E-state index is 0.0684. The lowest BCUT2D eigenvalue weighted by molar-refractivity contribution is -0.384. The van der Waals surface area contributed by atoms with Gasteiger partial charge in [-0.2, -0.15) is 4.98 Å². The van der Waals surface area contributed by atoms with Crippen molar-refractivity contribution in [3.63, 3.8) is 0 Å². The first-order valence-corrected chi connectivity index (χ1v) is 6.74. The quantitative estimate of drug-likeness (QED) is 0.616. The first kappa shape index (κ1) is 14.4. The lowest BCUT2D eigenvalue weighted by atomic mass is 9.99. The van der Waals surface area contributed by atoms with E-state index in [4.69, 9.17) is 5.11 Å². The third-order valence-electron chi connectivity index (χ3n) is 3.53. The topological polar surface area (TPSA) is 104 Å². The van der Waals surface area contributed by atoms with E-state index in [1.807, 2.05) is 4.90 Å². The third kappa shape index (κ3) is 2.96. The normalized spacial score (nSPS) is 18.9. The van der Waals surface area contributed by atoms with Crippen molar-refractivity contribution < 1.29 is 10.0 Å². The van der Waals surface area contributed by atoms with E-state index in [0.29, 0.717) is 24.7 Å². The highest BCUT2D eigenvalue weighted by molar-refractivity contribution is 5.59. The van der Waals surface area contributed by atoms with Crippen LogP contribution in [0.2, 0.25) is 0 Å². The molecule has 1 aliphatic rings. The highest BCUT2D eigenvalue weighted by Gasteiger charge is 2.29. The Kier molecular flexibility index (Phi) is 4.67. The molecule has 110 valence electrons. The predicted octanol–water partition coefficient (Wildman–Crippen LogP) is 1.17. The summed E-state index contributed by atoms with van der Waals surface area (Å²) in [6.45, 7) is 0.782. The van der Waals surface area contributed by atoms with Crippen molar-refractivity contribution in [2.45, 2.75) is 31.7 Å². The number of anilines is 2. The van der Waals surface area contributed by atoms with E-state index in [2.05, 4.69) is 15.3 Å². The summed E-state index contributed by atoms with van der Waals surface area (Å²) >= 11 is 0. The fourth-order valence-electron chi connectivity index (χ4n) is 2.56. The number of rotatable bonds is 5. The van der Waals surface area contributed by atoms with Crippen LogP contribution >= 0.6 is 0 Å². The van der Waals surface area contributed by atoms with Crippen LogP contribution in [0.4, 0.5) is 17.5 Å². The fraction of sp³-hybridized carbons (Fsp3) is 0.667. The zero-order valence-electron chi connectivity index (χ0n) is 11.4. The molecule has 0 aromatic carbocycles. The lowest BCUT2D eigenvalue weighted by Gasteiger charge is -2.36. The van der Waals surface area contributed by atoms with Crippen LogP contribution in [0.3, 0.4) is 0 Å². The SMILES string of the molecule is CNc1ncc([N+](=O)[O-])c(N2CCCCC2CCO)n1. The molecule has 0 saturated carbocycles. The molecule has 1 aliphatic heterocycles. The summed E-state index contributed by atoms with van der Waals surface area (Å²) in [5, 5.41) is 23.1.